The largest absolute Gasteiger partial charge is 0.483 e. The molecule has 0 spiro atoms. The van der Waals surface area contributed by atoms with Crippen molar-refractivity contribution in [3.05, 3.63) is 65.7 Å². The lowest BCUT2D eigenvalue weighted by atomic mass is 10.0. The van der Waals surface area contributed by atoms with Crippen LogP contribution in [0, 0.1) is 5.92 Å². The Morgan fingerprint density at radius 1 is 1.08 bits per heavy atom. The number of para-hydroxylation sites is 1. The van der Waals surface area contributed by atoms with Crippen molar-refractivity contribution in [1.29, 1.82) is 0 Å². The van der Waals surface area contributed by atoms with E-state index >= 15 is 0 Å². The third kappa shape index (κ3) is 4.37. The molecule has 1 saturated heterocycles. The summed E-state index contributed by atoms with van der Waals surface area (Å²) in [6, 6.07) is 18.8. The van der Waals surface area contributed by atoms with Gasteiger partial charge in [0.2, 0.25) is 0 Å². The van der Waals surface area contributed by atoms with Crippen molar-refractivity contribution in [2.24, 2.45) is 5.92 Å². The molecular formula is C21H27NO2. The van der Waals surface area contributed by atoms with Crippen LogP contribution in [0.1, 0.15) is 31.1 Å². The van der Waals surface area contributed by atoms with Crippen molar-refractivity contribution >= 4 is 0 Å². The van der Waals surface area contributed by atoms with Crippen LogP contribution in [-0.4, -0.2) is 25.8 Å². The van der Waals surface area contributed by atoms with E-state index in [1.807, 2.05) is 12.1 Å². The van der Waals surface area contributed by atoms with Crippen LogP contribution in [-0.2, 0) is 11.2 Å². The van der Waals surface area contributed by atoms with Gasteiger partial charge in [0.15, 0.2) is 6.10 Å². The molecule has 1 heterocycles. The Morgan fingerprint density at radius 2 is 1.83 bits per heavy atom. The van der Waals surface area contributed by atoms with Crippen LogP contribution in [0.2, 0.25) is 0 Å². The number of nitrogens with one attached hydrogen (secondary N) is 1. The van der Waals surface area contributed by atoms with Gasteiger partial charge in [-0.05, 0) is 29.5 Å². The summed E-state index contributed by atoms with van der Waals surface area (Å²) >= 11 is 0. The highest BCUT2D eigenvalue weighted by Crippen LogP contribution is 2.30. The van der Waals surface area contributed by atoms with E-state index in [1.54, 1.807) is 0 Å². The quantitative estimate of drug-likeness (QED) is 0.871. The van der Waals surface area contributed by atoms with Gasteiger partial charge < -0.3 is 14.8 Å². The second-order valence-corrected chi connectivity index (χ2v) is 6.77. The first-order valence-electron chi connectivity index (χ1n) is 8.86. The number of ether oxygens (including phenoxy) is 2. The molecule has 3 heteroatoms. The van der Waals surface area contributed by atoms with E-state index in [0.29, 0.717) is 5.92 Å². The van der Waals surface area contributed by atoms with Gasteiger partial charge in [-0.15, -0.1) is 0 Å². The Bertz CT molecular complexity index is 621. The van der Waals surface area contributed by atoms with Gasteiger partial charge in [0.25, 0.3) is 0 Å². The van der Waals surface area contributed by atoms with Gasteiger partial charge >= 0.3 is 0 Å². The Labute approximate surface area is 145 Å². The summed E-state index contributed by atoms with van der Waals surface area (Å²) < 4.78 is 12.5. The number of hydrogen-bond acceptors (Lipinski definition) is 3. The fraction of sp³-hybridized carbons (Fsp3) is 0.429. The molecule has 128 valence electrons. The number of benzene rings is 2. The number of hydrogen-bond donors (Lipinski definition) is 1. The Kier molecular flexibility index (Phi) is 5.89. The molecule has 3 nitrogen and oxygen atoms in total. The second-order valence-electron chi connectivity index (χ2n) is 6.77. The Hall–Kier alpha value is -1.84. The maximum atomic E-state index is 6.51. The minimum absolute atomic E-state index is 0.0215. The van der Waals surface area contributed by atoms with Gasteiger partial charge in [-0.3, -0.25) is 0 Å². The second kappa shape index (κ2) is 8.32. The highest BCUT2D eigenvalue weighted by molar-refractivity contribution is 5.35. The van der Waals surface area contributed by atoms with Crippen molar-refractivity contribution in [1.82, 2.24) is 5.32 Å². The third-order valence-electron chi connectivity index (χ3n) is 4.28. The molecule has 1 aliphatic heterocycles. The zero-order valence-corrected chi connectivity index (χ0v) is 14.6. The van der Waals surface area contributed by atoms with E-state index in [9.17, 15) is 0 Å². The minimum Gasteiger partial charge on any atom is -0.483 e. The number of morpholine rings is 1. The van der Waals surface area contributed by atoms with Gasteiger partial charge in [0.1, 0.15) is 11.9 Å². The molecule has 2 atom stereocenters. The lowest BCUT2D eigenvalue weighted by Crippen LogP contribution is -2.43. The van der Waals surface area contributed by atoms with E-state index in [2.05, 4.69) is 61.6 Å². The standard InChI is InChI=1S/C21H27NO2/c1-16(2)14-18-10-6-7-11-19(18)24-21(17-8-4-3-5-9-17)20-15-22-12-13-23-20/h3-11,16,20-22H,12-15H2,1-2H3/t20?,21-/m0/s1. The molecule has 2 aromatic rings. The van der Waals surface area contributed by atoms with Crippen LogP contribution in [0.4, 0.5) is 0 Å². The van der Waals surface area contributed by atoms with Gasteiger partial charge in [0, 0.05) is 13.1 Å². The normalized spacial score (nSPS) is 19.2. The van der Waals surface area contributed by atoms with E-state index in [0.717, 1.165) is 37.4 Å². The monoisotopic (exact) mass is 325 g/mol. The highest BCUT2D eigenvalue weighted by Gasteiger charge is 2.28. The average molecular weight is 325 g/mol. The van der Waals surface area contributed by atoms with Gasteiger partial charge in [-0.1, -0.05) is 62.4 Å². The topological polar surface area (TPSA) is 30.5 Å². The molecule has 0 aromatic heterocycles. The molecule has 3 rings (SSSR count). The van der Waals surface area contributed by atoms with Crippen LogP contribution in [0.3, 0.4) is 0 Å². The van der Waals surface area contributed by atoms with Gasteiger partial charge in [0.05, 0.1) is 6.61 Å². The lowest BCUT2D eigenvalue weighted by molar-refractivity contribution is -0.0435. The number of rotatable bonds is 6. The molecule has 0 radical (unpaired) electrons. The first kappa shape index (κ1) is 17.0. The third-order valence-corrected chi connectivity index (χ3v) is 4.28. The van der Waals surface area contributed by atoms with Crippen LogP contribution >= 0.6 is 0 Å². The minimum atomic E-state index is -0.104. The molecule has 0 saturated carbocycles. The summed E-state index contributed by atoms with van der Waals surface area (Å²) in [4.78, 5) is 0. The van der Waals surface area contributed by atoms with Gasteiger partial charge in [-0.2, -0.15) is 0 Å². The van der Waals surface area contributed by atoms with Crippen molar-refractivity contribution in [3.63, 3.8) is 0 Å². The van der Waals surface area contributed by atoms with Crippen molar-refractivity contribution in [3.8, 4) is 5.75 Å². The molecule has 0 aliphatic carbocycles. The van der Waals surface area contributed by atoms with E-state index in [-0.39, 0.29) is 12.2 Å². The van der Waals surface area contributed by atoms with Crippen molar-refractivity contribution in [2.45, 2.75) is 32.5 Å². The first-order chi connectivity index (χ1) is 11.7. The smallest absolute Gasteiger partial charge is 0.151 e. The van der Waals surface area contributed by atoms with E-state index < -0.39 is 0 Å². The summed E-state index contributed by atoms with van der Waals surface area (Å²) in [5.41, 5.74) is 2.42. The summed E-state index contributed by atoms with van der Waals surface area (Å²) in [5, 5.41) is 3.41. The fourth-order valence-electron chi connectivity index (χ4n) is 3.15. The molecule has 0 amide bonds. The molecule has 2 aromatic carbocycles. The maximum Gasteiger partial charge on any atom is 0.151 e. The maximum absolute atomic E-state index is 6.51. The average Bonchev–Trinajstić information content (AvgIpc) is 2.62. The zero-order chi connectivity index (χ0) is 16.8. The molecule has 1 N–H and O–H groups in total. The molecular weight excluding hydrogens is 298 g/mol. The summed E-state index contributed by atoms with van der Waals surface area (Å²) in [7, 11) is 0. The molecule has 1 unspecified atom stereocenters. The highest BCUT2D eigenvalue weighted by atomic mass is 16.5. The zero-order valence-electron chi connectivity index (χ0n) is 14.6. The molecule has 1 fully saturated rings. The molecule has 1 aliphatic rings. The van der Waals surface area contributed by atoms with Crippen molar-refractivity contribution < 1.29 is 9.47 Å². The van der Waals surface area contributed by atoms with Crippen LogP contribution in [0.25, 0.3) is 0 Å². The predicted molar refractivity (Wildman–Crippen MR) is 97.4 cm³/mol. The summed E-state index contributed by atoms with van der Waals surface area (Å²) in [5.74, 6) is 1.56. The van der Waals surface area contributed by atoms with Crippen molar-refractivity contribution in [2.75, 3.05) is 19.7 Å². The Balaban J connectivity index is 1.87. The Morgan fingerprint density at radius 3 is 2.54 bits per heavy atom. The summed E-state index contributed by atoms with van der Waals surface area (Å²) in [6.45, 7) is 6.91. The van der Waals surface area contributed by atoms with Crippen LogP contribution in [0.5, 0.6) is 5.75 Å². The summed E-state index contributed by atoms with van der Waals surface area (Å²) in [6.07, 6.45) is 0.933. The first-order valence-corrected chi connectivity index (χ1v) is 8.86. The van der Waals surface area contributed by atoms with Crippen LogP contribution < -0.4 is 10.1 Å². The molecule has 0 bridgehead atoms. The SMILES string of the molecule is CC(C)Cc1ccccc1O[C@@H](c1ccccc1)C1CNCCO1. The lowest BCUT2D eigenvalue weighted by Gasteiger charge is -2.32. The predicted octanol–water partition coefficient (Wildman–Crippen LogP) is 3.99. The van der Waals surface area contributed by atoms with Gasteiger partial charge in [-0.25, -0.2) is 0 Å². The van der Waals surface area contributed by atoms with E-state index in [1.165, 1.54) is 5.56 Å². The van der Waals surface area contributed by atoms with Crippen LogP contribution in [0.15, 0.2) is 54.6 Å². The van der Waals surface area contributed by atoms with E-state index in [4.69, 9.17) is 9.47 Å². The molecule has 24 heavy (non-hydrogen) atoms. The fourth-order valence-corrected chi connectivity index (χ4v) is 3.15.